The topological polar surface area (TPSA) is 81.4 Å². The zero-order chi connectivity index (χ0) is 19.6. The molecule has 0 saturated carbocycles. The number of hydrogen-bond donors (Lipinski definition) is 2. The number of rotatable bonds is 6. The molecule has 1 aliphatic carbocycles. The van der Waals surface area contributed by atoms with Crippen LogP contribution >= 0.6 is 11.3 Å². The van der Waals surface area contributed by atoms with Crippen LogP contribution in [-0.2, 0) is 17.6 Å². The van der Waals surface area contributed by atoms with E-state index in [0.717, 1.165) is 29.7 Å². The molecule has 0 spiro atoms. The van der Waals surface area contributed by atoms with Crippen LogP contribution in [0.5, 0.6) is 5.75 Å². The average molecular weight is 387 g/mol. The van der Waals surface area contributed by atoms with E-state index in [-0.39, 0.29) is 12.5 Å². The van der Waals surface area contributed by atoms with E-state index in [1.807, 2.05) is 24.3 Å². The van der Waals surface area contributed by atoms with Crippen molar-refractivity contribution in [2.45, 2.75) is 46.0 Å². The van der Waals surface area contributed by atoms with Gasteiger partial charge < -0.3 is 15.8 Å². The lowest BCUT2D eigenvalue weighted by molar-refractivity contribution is -0.118. The number of fused-ring (bicyclic) bond motifs is 1. The summed E-state index contributed by atoms with van der Waals surface area (Å²) in [6.07, 6.45) is 2.79. The van der Waals surface area contributed by atoms with E-state index < -0.39 is 5.91 Å². The molecule has 0 saturated heterocycles. The summed E-state index contributed by atoms with van der Waals surface area (Å²) in [5, 5.41) is 3.36. The number of primary amides is 1. The van der Waals surface area contributed by atoms with Crippen molar-refractivity contribution in [3.05, 3.63) is 45.8 Å². The van der Waals surface area contributed by atoms with Crippen molar-refractivity contribution in [1.82, 2.24) is 0 Å². The van der Waals surface area contributed by atoms with Gasteiger partial charge in [-0.15, -0.1) is 11.3 Å². The standard InChI is InChI=1S/C21H26N2O3S/c1-12(2)14-5-7-15(8-6-14)26-11-18(24)23-21-19(20(22)25)16-9-4-13(3)10-17(16)27-21/h5-8,12-13H,4,9-11H2,1-3H3,(H2,22,25)(H,23,24)/t13-/m0/s1. The van der Waals surface area contributed by atoms with Crippen molar-refractivity contribution in [2.24, 2.45) is 11.7 Å². The molecule has 0 radical (unpaired) electrons. The summed E-state index contributed by atoms with van der Waals surface area (Å²) in [6.45, 7) is 6.34. The number of nitrogens with one attached hydrogen (secondary N) is 1. The fourth-order valence-corrected chi connectivity index (χ4v) is 4.79. The maximum absolute atomic E-state index is 12.3. The third-order valence-corrected chi connectivity index (χ3v) is 6.10. The Hall–Kier alpha value is -2.34. The number of nitrogens with two attached hydrogens (primary N) is 1. The lowest BCUT2D eigenvalue weighted by atomic mass is 9.88. The van der Waals surface area contributed by atoms with Gasteiger partial charge in [0.25, 0.3) is 11.8 Å². The molecule has 0 aliphatic heterocycles. The molecule has 2 amide bonds. The minimum absolute atomic E-state index is 0.113. The van der Waals surface area contributed by atoms with E-state index >= 15 is 0 Å². The Kier molecular flexibility index (Phi) is 5.85. The van der Waals surface area contributed by atoms with Gasteiger partial charge in [-0.05, 0) is 54.4 Å². The van der Waals surface area contributed by atoms with E-state index in [1.165, 1.54) is 16.9 Å². The van der Waals surface area contributed by atoms with Gasteiger partial charge in [-0.3, -0.25) is 9.59 Å². The van der Waals surface area contributed by atoms with Crippen LogP contribution < -0.4 is 15.8 Å². The molecule has 0 unspecified atom stereocenters. The number of carbonyl (C=O) groups excluding carboxylic acids is 2. The van der Waals surface area contributed by atoms with Crippen LogP contribution in [0.4, 0.5) is 5.00 Å². The van der Waals surface area contributed by atoms with Crippen LogP contribution in [0.3, 0.4) is 0 Å². The molecule has 1 atom stereocenters. The van der Waals surface area contributed by atoms with Gasteiger partial charge in [-0.2, -0.15) is 0 Å². The van der Waals surface area contributed by atoms with Crippen LogP contribution in [0.1, 0.15) is 59.5 Å². The number of thiophene rings is 1. The molecular formula is C21H26N2O3S. The molecule has 6 heteroatoms. The summed E-state index contributed by atoms with van der Waals surface area (Å²) >= 11 is 1.46. The SMILES string of the molecule is CC(C)c1ccc(OCC(=O)Nc2sc3c(c2C(N)=O)CC[C@H](C)C3)cc1. The molecule has 2 aromatic rings. The van der Waals surface area contributed by atoms with E-state index in [1.54, 1.807) is 0 Å². The first-order valence-corrected chi connectivity index (χ1v) is 10.1. The summed E-state index contributed by atoms with van der Waals surface area (Å²) in [5.74, 6) is 0.892. The molecule has 3 N–H and O–H groups in total. The van der Waals surface area contributed by atoms with Crippen molar-refractivity contribution in [1.29, 1.82) is 0 Å². The van der Waals surface area contributed by atoms with Gasteiger partial charge in [-0.1, -0.05) is 32.9 Å². The van der Waals surface area contributed by atoms with Gasteiger partial charge in [0.05, 0.1) is 5.56 Å². The highest BCUT2D eigenvalue weighted by atomic mass is 32.1. The van der Waals surface area contributed by atoms with Gasteiger partial charge in [0.2, 0.25) is 0 Å². The zero-order valence-corrected chi connectivity index (χ0v) is 16.8. The Bertz CT molecular complexity index is 840. The molecule has 5 nitrogen and oxygen atoms in total. The van der Waals surface area contributed by atoms with Crippen molar-refractivity contribution < 1.29 is 14.3 Å². The average Bonchev–Trinajstić information content (AvgIpc) is 2.97. The summed E-state index contributed by atoms with van der Waals surface area (Å²) in [6, 6.07) is 7.72. The summed E-state index contributed by atoms with van der Waals surface area (Å²) in [4.78, 5) is 25.4. The van der Waals surface area contributed by atoms with Crippen LogP contribution in [0.2, 0.25) is 0 Å². The zero-order valence-electron chi connectivity index (χ0n) is 16.0. The van der Waals surface area contributed by atoms with Crippen molar-refractivity contribution >= 4 is 28.2 Å². The Labute approximate surface area is 163 Å². The molecule has 1 aliphatic rings. The fraction of sp³-hybridized carbons (Fsp3) is 0.429. The van der Waals surface area contributed by atoms with E-state index in [9.17, 15) is 9.59 Å². The van der Waals surface area contributed by atoms with Gasteiger partial charge in [0, 0.05) is 4.88 Å². The maximum Gasteiger partial charge on any atom is 0.262 e. The van der Waals surface area contributed by atoms with E-state index in [0.29, 0.717) is 28.1 Å². The van der Waals surface area contributed by atoms with E-state index in [4.69, 9.17) is 10.5 Å². The van der Waals surface area contributed by atoms with Crippen LogP contribution in [0.25, 0.3) is 0 Å². The normalized spacial score (nSPS) is 16.1. The predicted molar refractivity (Wildman–Crippen MR) is 109 cm³/mol. The molecule has 1 heterocycles. The number of benzene rings is 1. The maximum atomic E-state index is 12.3. The van der Waals surface area contributed by atoms with Crippen molar-refractivity contribution in [2.75, 3.05) is 11.9 Å². The first-order chi connectivity index (χ1) is 12.8. The minimum atomic E-state index is -0.484. The molecule has 0 fully saturated rings. The number of ether oxygens (including phenoxy) is 1. The Morgan fingerprint density at radius 1 is 1.30 bits per heavy atom. The third kappa shape index (κ3) is 4.50. The second kappa shape index (κ2) is 8.13. The fourth-order valence-electron chi connectivity index (χ4n) is 3.36. The smallest absolute Gasteiger partial charge is 0.262 e. The predicted octanol–water partition coefficient (Wildman–Crippen LogP) is 4.11. The Morgan fingerprint density at radius 2 is 2.00 bits per heavy atom. The molecule has 0 bridgehead atoms. The molecule has 1 aromatic heterocycles. The highest BCUT2D eigenvalue weighted by molar-refractivity contribution is 7.17. The monoisotopic (exact) mass is 386 g/mol. The summed E-state index contributed by atoms with van der Waals surface area (Å²) < 4.78 is 5.57. The minimum Gasteiger partial charge on any atom is -0.484 e. The van der Waals surface area contributed by atoms with Gasteiger partial charge in [0.1, 0.15) is 10.8 Å². The number of amides is 2. The van der Waals surface area contributed by atoms with Gasteiger partial charge >= 0.3 is 0 Å². The van der Waals surface area contributed by atoms with Crippen LogP contribution in [0.15, 0.2) is 24.3 Å². The van der Waals surface area contributed by atoms with Gasteiger partial charge in [-0.25, -0.2) is 0 Å². The van der Waals surface area contributed by atoms with Crippen molar-refractivity contribution in [3.8, 4) is 5.75 Å². The van der Waals surface area contributed by atoms with Crippen LogP contribution in [-0.4, -0.2) is 18.4 Å². The number of anilines is 1. The highest BCUT2D eigenvalue weighted by Gasteiger charge is 2.27. The molecule has 27 heavy (non-hydrogen) atoms. The Balaban J connectivity index is 1.66. The second-order valence-corrected chi connectivity index (χ2v) is 8.59. The lowest BCUT2D eigenvalue weighted by Crippen LogP contribution is -2.22. The number of hydrogen-bond acceptors (Lipinski definition) is 4. The highest BCUT2D eigenvalue weighted by Crippen LogP contribution is 2.39. The largest absolute Gasteiger partial charge is 0.484 e. The quantitative estimate of drug-likeness (QED) is 0.784. The lowest BCUT2D eigenvalue weighted by Gasteiger charge is -2.18. The first-order valence-electron chi connectivity index (χ1n) is 9.32. The molecule has 1 aromatic carbocycles. The Morgan fingerprint density at radius 3 is 2.63 bits per heavy atom. The van der Waals surface area contributed by atoms with Gasteiger partial charge in [0.15, 0.2) is 6.61 Å². The second-order valence-electron chi connectivity index (χ2n) is 7.48. The molecule has 3 rings (SSSR count). The number of carbonyl (C=O) groups is 2. The summed E-state index contributed by atoms with van der Waals surface area (Å²) in [5.41, 5.74) is 8.28. The third-order valence-electron chi connectivity index (χ3n) is 4.93. The molecule has 144 valence electrons. The first kappa shape index (κ1) is 19.4. The van der Waals surface area contributed by atoms with Crippen LogP contribution in [0, 0.1) is 5.92 Å². The van der Waals surface area contributed by atoms with Crippen molar-refractivity contribution in [3.63, 3.8) is 0 Å². The molecular weight excluding hydrogens is 360 g/mol. The summed E-state index contributed by atoms with van der Waals surface area (Å²) in [7, 11) is 0. The van der Waals surface area contributed by atoms with E-state index in [2.05, 4.69) is 26.1 Å².